The average molecular weight is 411 g/mol. The number of amides is 1. The van der Waals surface area contributed by atoms with E-state index in [4.69, 9.17) is 0 Å². The number of rotatable bonds is 5. The Kier molecular flexibility index (Phi) is 5.06. The van der Waals surface area contributed by atoms with E-state index < -0.39 is 0 Å². The Labute approximate surface area is 169 Å². The number of nitrogens with one attached hydrogen (secondary N) is 1. The molecule has 0 atom stereocenters. The minimum Gasteiger partial charge on any atom is -0.338 e. The highest BCUT2D eigenvalue weighted by molar-refractivity contribution is 7.17. The zero-order valence-corrected chi connectivity index (χ0v) is 17.1. The predicted octanol–water partition coefficient (Wildman–Crippen LogP) is 3.62. The van der Waals surface area contributed by atoms with Gasteiger partial charge in [-0.15, -0.1) is 22.7 Å². The van der Waals surface area contributed by atoms with Crippen LogP contribution in [-0.2, 0) is 17.8 Å². The molecule has 3 heterocycles. The molecule has 0 unspecified atom stereocenters. The molecule has 0 aliphatic rings. The van der Waals surface area contributed by atoms with Gasteiger partial charge in [0.2, 0.25) is 5.91 Å². The number of fused-ring (bicyclic) bond motifs is 1. The van der Waals surface area contributed by atoms with E-state index in [0.29, 0.717) is 16.0 Å². The van der Waals surface area contributed by atoms with Gasteiger partial charge < -0.3 is 9.88 Å². The van der Waals surface area contributed by atoms with Crippen LogP contribution in [0.5, 0.6) is 0 Å². The van der Waals surface area contributed by atoms with E-state index in [1.165, 1.54) is 28.2 Å². The van der Waals surface area contributed by atoms with E-state index in [2.05, 4.69) is 15.0 Å². The molecule has 1 amide bonds. The van der Waals surface area contributed by atoms with E-state index in [1.807, 2.05) is 48.0 Å². The third kappa shape index (κ3) is 3.88. The van der Waals surface area contributed by atoms with Gasteiger partial charge in [-0.25, -0.2) is 9.97 Å². The Morgan fingerprint density at radius 2 is 1.93 bits per heavy atom. The maximum absolute atomic E-state index is 12.6. The van der Waals surface area contributed by atoms with Gasteiger partial charge in [0, 0.05) is 18.0 Å². The summed E-state index contributed by atoms with van der Waals surface area (Å²) in [6.45, 7) is 2.29. The van der Waals surface area contributed by atoms with Gasteiger partial charge in [-0.05, 0) is 18.4 Å². The number of likely N-dealkylation sites (N-methyl/N-ethyl adjacent to an activating group) is 1. The second-order valence-electron chi connectivity index (χ2n) is 6.58. The molecule has 0 fully saturated rings. The number of thiazole rings is 1. The highest BCUT2D eigenvalue weighted by Gasteiger charge is 2.15. The third-order valence-electron chi connectivity index (χ3n) is 4.36. The van der Waals surface area contributed by atoms with E-state index in [1.54, 1.807) is 11.9 Å². The van der Waals surface area contributed by atoms with Crippen LogP contribution < -0.4 is 5.56 Å². The number of benzene rings is 1. The summed E-state index contributed by atoms with van der Waals surface area (Å²) in [5.41, 5.74) is 3.48. The maximum atomic E-state index is 12.6. The third-order valence-corrected chi connectivity index (χ3v) is 6.20. The van der Waals surface area contributed by atoms with Gasteiger partial charge >= 0.3 is 0 Å². The Morgan fingerprint density at radius 1 is 1.14 bits per heavy atom. The molecule has 28 heavy (non-hydrogen) atoms. The second kappa shape index (κ2) is 7.65. The number of thiophene rings is 1. The van der Waals surface area contributed by atoms with Crippen LogP contribution in [0.4, 0.5) is 0 Å². The first-order valence-electron chi connectivity index (χ1n) is 8.71. The highest BCUT2D eigenvalue weighted by atomic mass is 32.1. The van der Waals surface area contributed by atoms with Crippen molar-refractivity contribution < 1.29 is 4.79 Å². The number of aromatic nitrogens is 3. The van der Waals surface area contributed by atoms with Crippen LogP contribution in [0, 0.1) is 6.92 Å². The molecule has 4 rings (SSSR count). The topological polar surface area (TPSA) is 79.0 Å². The number of aryl methyl sites for hydroxylation is 1. The molecule has 0 aliphatic heterocycles. The molecule has 0 radical (unpaired) electrons. The lowest BCUT2D eigenvalue weighted by atomic mass is 10.2. The summed E-state index contributed by atoms with van der Waals surface area (Å²) in [4.78, 5) is 38.0. The number of carbonyl (C=O) groups is 1. The molecule has 0 saturated heterocycles. The summed E-state index contributed by atoms with van der Waals surface area (Å²) < 4.78 is 0.601. The summed E-state index contributed by atoms with van der Waals surface area (Å²) in [7, 11) is 1.70. The second-order valence-corrected chi connectivity index (χ2v) is 8.36. The number of aromatic amines is 1. The Morgan fingerprint density at radius 3 is 2.71 bits per heavy atom. The standard InChI is InChI=1S/C20H18N4O2S2/c1-12-3-5-13(6-4-12)20-21-14(11-28-20)9-17(25)24(2)10-16-22-15-7-8-27-18(15)19(26)23-16/h3-8,11H,9-10H2,1-2H3,(H,22,23,26). The first-order chi connectivity index (χ1) is 13.5. The number of H-pyrrole nitrogens is 1. The SMILES string of the molecule is Cc1ccc(-c2nc(CC(=O)N(C)Cc3nc4ccsc4c(=O)[nH]3)cs2)cc1. The largest absolute Gasteiger partial charge is 0.338 e. The van der Waals surface area contributed by atoms with E-state index >= 15 is 0 Å². The number of carbonyl (C=O) groups excluding carboxylic acids is 1. The van der Waals surface area contributed by atoms with Crippen LogP contribution in [0.1, 0.15) is 17.1 Å². The molecule has 0 saturated carbocycles. The van der Waals surface area contributed by atoms with Gasteiger partial charge in [0.1, 0.15) is 15.5 Å². The number of nitrogens with zero attached hydrogens (tertiary/aromatic N) is 3. The van der Waals surface area contributed by atoms with Gasteiger partial charge in [0.15, 0.2) is 0 Å². The molecule has 8 heteroatoms. The predicted molar refractivity (Wildman–Crippen MR) is 113 cm³/mol. The summed E-state index contributed by atoms with van der Waals surface area (Å²) in [6.07, 6.45) is 0.212. The smallest absolute Gasteiger partial charge is 0.268 e. The number of hydrogen-bond donors (Lipinski definition) is 1. The lowest BCUT2D eigenvalue weighted by Crippen LogP contribution is -2.29. The fraction of sp³-hybridized carbons (Fsp3) is 0.200. The molecule has 6 nitrogen and oxygen atoms in total. The zero-order chi connectivity index (χ0) is 19.7. The van der Waals surface area contributed by atoms with Crippen molar-refractivity contribution in [3.8, 4) is 10.6 Å². The summed E-state index contributed by atoms with van der Waals surface area (Å²) in [5.74, 6) is 0.402. The highest BCUT2D eigenvalue weighted by Crippen LogP contribution is 2.24. The van der Waals surface area contributed by atoms with Crippen LogP contribution in [0.15, 0.2) is 45.9 Å². The van der Waals surface area contributed by atoms with Crippen LogP contribution in [0.2, 0.25) is 0 Å². The molecule has 1 aromatic carbocycles. The van der Waals surface area contributed by atoms with E-state index in [9.17, 15) is 9.59 Å². The molecule has 1 N–H and O–H groups in total. The Balaban J connectivity index is 1.44. The van der Waals surface area contributed by atoms with Gasteiger partial charge in [0.05, 0.1) is 24.2 Å². The first kappa shape index (κ1) is 18.5. The Bertz CT molecular complexity index is 1190. The molecule has 0 spiro atoms. The Hall–Kier alpha value is -2.84. The van der Waals surface area contributed by atoms with Crippen LogP contribution >= 0.6 is 22.7 Å². The van der Waals surface area contributed by atoms with Crippen molar-refractivity contribution in [1.29, 1.82) is 0 Å². The quantitative estimate of drug-likeness (QED) is 0.545. The van der Waals surface area contributed by atoms with Crippen molar-refractivity contribution in [2.45, 2.75) is 19.9 Å². The van der Waals surface area contributed by atoms with Crippen LogP contribution in [-0.4, -0.2) is 32.8 Å². The van der Waals surface area contributed by atoms with Crippen LogP contribution in [0.25, 0.3) is 20.8 Å². The van der Waals surface area contributed by atoms with Crippen molar-refractivity contribution in [2.75, 3.05) is 7.05 Å². The summed E-state index contributed by atoms with van der Waals surface area (Å²) in [6, 6.07) is 9.98. The van der Waals surface area contributed by atoms with Gasteiger partial charge in [-0.1, -0.05) is 29.8 Å². The molecule has 142 valence electrons. The van der Waals surface area contributed by atoms with Crippen LogP contribution in [0.3, 0.4) is 0 Å². The molecule has 4 aromatic rings. The fourth-order valence-corrected chi connectivity index (χ4v) is 4.37. The molecular weight excluding hydrogens is 392 g/mol. The van der Waals surface area contributed by atoms with Gasteiger partial charge in [0.25, 0.3) is 5.56 Å². The average Bonchev–Trinajstić information content (AvgIpc) is 3.32. The van der Waals surface area contributed by atoms with Gasteiger partial charge in [-0.2, -0.15) is 0 Å². The molecular formula is C20H18N4O2S2. The molecule has 0 bridgehead atoms. The number of hydrogen-bond acceptors (Lipinski definition) is 6. The van der Waals surface area contributed by atoms with Crippen molar-refractivity contribution in [2.24, 2.45) is 0 Å². The lowest BCUT2D eigenvalue weighted by Gasteiger charge is -2.15. The van der Waals surface area contributed by atoms with Crippen molar-refractivity contribution in [3.63, 3.8) is 0 Å². The fourth-order valence-electron chi connectivity index (χ4n) is 2.82. The van der Waals surface area contributed by atoms with E-state index in [0.717, 1.165) is 16.3 Å². The molecule has 0 aliphatic carbocycles. The minimum atomic E-state index is -0.168. The molecule has 3 aromatic heterocycles. The van der Waals surface area contributed by atoms with Gasteiger partial charge in [-0.3, -0.25) is 9.59 Å². The monoisotopic (exact) mass is 410 g/mol. The normalized spacial score (nSPS) is 11.1. The summed E-state index contributed by atoms with van der Waals surface area (Å²) >= 11 is 2.89. The summed E-state index contributed by atoms with van der Waals surface area (Å²) in [5, 5.41) is 4.65. The maximum Gasteiger partial charge on any atom is 0.268 e. The van der Waals surface area contributed by atoms with Crippen molar-refractivity contribution in [3.05, 3.63) is 68.5 Å². The zero-order valence-electron chi connectivity index (χ0n) is 15.4. The minimum absolute atomic E-state index is 0.0752. The van der Waals surface area contributed by atoms with E-state index in [-0.39, 0.29) is 24.4 Å². The van der Waals surface area contributed by atoms with Crippen molar-refractivity contribution in [1.82, 2.24) is 19.9 Å². The lowest BCUT2D eigenvalue weighted by molar-refractivity contribution is -0.129. The first-order valence-corrected chi connectivity index (χ1v) is 10.5. The van der Waals surface area contributed by atoms with Crippen molar-refractivity contribution >= 4 is 38.8 Å².